The van der Waals surface area contributed by atoms with Crippen LogP contribution in [-0.2, 0) is 4.79 Å². The Hall–Kier alpha value is -2.31. The van der Waals surface area contributed by atoms with Crippen molar-refractivity contribution in [3.63, 3.8) is 0 Å². The van der Waals surface area contributed by atoms with Crippen molar-refractivity contribution in [1.82, 2.24) is 4.98 Å². The zero-order valence-corrected chi connectivity index (χ0v) is 14.2. The monoisotopic (exact) mass is 324 g/mol. The summed E-state index contributed by atoms with van der Waals surface area (Å²) in [5.74, 6) is 0.133. The van der Waals surface area contributed by atoms with Crippen molar-refractivity contribution in [2.45, 2.75) is 19.0 Å². The molecule has 0 aromatic carbocycles. The molecule has 1 aliphatic carbocycles. The Balaban J connectivity index is 2.17. The quantitative estimate of drug-likeness (QED) is 0.635. The first-order valence-corrected chi connectivity index (χ1v) is 7.84. The van der Waals surface area contributed by atoms with E-state index in [2.05, 4.69) is 14.2 Å². The number of fused-ring (bicyclic) bond motifs is 1. The third-order valence-corrected chi connectivity index (χ3v) is 5.27. The number of carbonyl (C=O) groups excluding carboxylic acids is 1. The van der Waals surface area contributed by atoms with E-state index in [9.17, 15) is 10.1 Å². The van der Waals surface area contributed by atoms with Crippen LogP contribution in [0.3, 0.4) is 0 Å². The lowest BCUT2D eigenvalue weighted by molar-refractivity contribution is -0.121. The second-order valence-electron chi connectivity index (χ2n) is 6.28. The standard InChI is InChI=1S/C17H17N4OP/c1-16(2)13-5-7-21(12-4-3-6-20-10-12)15(19)17(13,23)8-11(9-18)14(16)22/h3-6,8,10,19H,7,23H2,1-2H3/t17-/m0/s1. The maximum atomic E-state index is 12.5. The molecule has 6 heteroatoms. The van der Waals surface area contributed by atoms with Gasteiger partial charge in [-0.25, -0.2) is 0 Å². The molecule has 0 spiro atoms. The van der Waals surface area contributed by atoms with Gasteiger partial charge in [0, 0.05) is 12.7 Å². The number of nitrogens with zero attached hydrogens (tertiary/aromatic N) is 3. The summed E-state index contributed by atoms with van der Waals surface area (Å²) in [7, 11) is 2.67. The predicted octanol–water partition coefficient (Wildman–Crippen LogP) is 2.48. The predicted molar refractivity (Wildman–Crippen MR) is 92.3 cm³/mol. The van der Waals surface area contributed by atoms with Crippen LogP contribution in [0.15, 0.2) is 47.8 Å². The molecule has 0 radical (unpaired) electrons. The number of Topliss-reactive ketones (excluding diaryl/α,β-unsaturated/α-hetero) is 1. The van der Waals surface area contributed by atoms with Crippen LogP contribution < -0.4 is 4.90 Å². The van der Waals surface area contributed by atoms with Gasteiger partial charge >= 0.3 is 0 Å². The van der Waals surface area contributed by atoms with Crippen molar-refractivity contribution in [1.29, 1.82) is 10.7 Å². The fourth-order valence-electron chi connectivity index (χ4n) is 3.30. The summed E-state index contributed by atoms with van der Waals surface area (Å²) in [5, 5.41) is 17.1. The second kappa shape index (κ2) is 5.11. The Morgan fingerprint density at radius 2 is 2.22 bits per heavy atom. The summed E-state index contributed by atoms with van der Waals surface area (Å²) in [5.41, 5.74) is 0.981. The molecule has 0 fully saturated rings. The largest absolute Gasteiger partial charge is 0.324 e. The number of allylic oxidation sites excluding steroid dienone is 1. The van der Waals surface area contributed by atoms with Crippen LogP contribution in [-0.4, -0.2) is 28.3 Å². The Morgan fingerprint density at radius 3 is 2.83 bits per heavy atom. The van der Waals surface area contributed by atoms with Crippen molar-refractivity contribution >= 4 is 26.5 Å². The zero-order chi connectivity index (χ0) is 16.8. The first-order valence-electron chi connectivity index (χ1n) is 7.26. The smallest absolute Gasteiger partial charge is 0.182 e. The van der Waals surface area contributed by atoms with Gasteiger partial charge in [-0.1, -0.05) is 6.08 Å². The number of nitriles is 1. The van der Waals surface area contributed by atoms with Gasteiger partial charge in [0.15, 0.2) is 5.78 Å². The molecule has 23 heavy (non-hydrogen) atoms. The second-order valence-corrected chi connectivity index (χ2v) is 7.19. The van der Waals surface area contributed by atoms with Gasteiger partial charge < -0.3 is 4.90 Å². The molecule has 2 heterocycles. The molecule has 2 aliphatic rings. The molecule has 0 saturated heterocycles. The molecule has 0 amide bonds. The molecule has 1 N–H and O–H groups in total. The van der Waals surface area contributed by atoms with Gasteiger partial charge in [0.2, 0.25) is 0 Å². The number of anilines is 1. The minimum atomic E-state index is -0.851. The van der Waals surface area contributed by atoms with Crippen LogP contribution >= 0.6 is 9.24 Å². The Morgan fingerprint density at radius 1 is 1.48 bits per heavy atom. The molecule has 2 atom stereocenters. The minimum absolute atomic E-state index is 0.111. The number of nitrogens with one attached hydrogen (secondary N) is 1. The van der Waals surface area contributed by atoms with E-state index in [4.69, 9.17) is 5.41 Å². The summed E-state index contributed by atoms with van der Waals surface area (Å²) >= 11 is 0. The number of carbonyl (C=O) groups is 1. The van der Waals surface area contributed by atoms with Crippen LogP contribution in [0.1, 0.15) is 13.8 Å². The molecule has 0 saturated carbocycles. The summed E-state index contributed by atoms with van der Waals surface area (Å²) in [4.78, 5) is 18.4. The number of aromatic nitrogens is 1. The number of amidine groups is 1. The van der Waals surface area contributed by atoms with Gasteiger partial charge in [0.25, 0.3) is 0 Å². The van der Waals surface area contributed by atoms with Gasteiger partial charge in [-0.05, 0) is 37.6 Å². The highest BCUT2D eigenvalue weighted by Gasteiger charge is 2.52. The van der Waals surface area contributed by atoms with Crippen molar-refractivity contribution in [2.75, 3.05) is 11.4 Å². The lowest BCUT2D eigenvalue weighted by Crippen LogP contribution is -2.55. The Bertz CT molecular complexity index is 804. The lowest BCUT2D eigenvalue weighted by Gasteiger charge is -2.47. The molecule has 5 nitrogen and oxygen atoms in total. The zero-order valence-electron chi connectivity index (χ0n) is 13.0. The lowest BCUT2D eigenvalue weighted by atomic mass is 9.65. The Kier molecular flexibility index (Phi) is 3.46. The molecule has 1 aromatic rings. The van der Waals surface area contributed by atoms with E-state index in [0.717, 1.165) is 11.3 Å². The van der Waals surface area contributed by atoms with Gasteiger partial charge in [-0.2, -0.15) is 5.26 Å². The topological polar surface area (TPSA) is 80.8 Å². The number of rotatable bonds is 1. The van der Waals surface area contributed by atoms with Crippen LogP contribution in [0.25, 0.3) is 0 Å². The third kappa shape index (κ3) is 2.14. The van der Waals surface area contributed by atoms with Crippen LogP contribution in [0.4, 0.5) is 5.69 Å². The third-order valence-electron chi connectivity index (χ3n) is 4.52. The van der Waals surface area contributed by atoms with E-state index in [1.165, 1.54) is 0 Å². The molecule has 1 aliphatic heterocycles. The first kappa shape index (κ1) is 15.6. The van der Waals surface area contributed by atoms with E-state index in [1.54, 1.807) is 18.5 Å². The number of ketones is 1. The van der Waals surface area contributed by atoms with Gasteiger partial charge in [-0.15, -0.1) is 9.24 Å². The highest BCUT2D eigenvalue weighted by molar-refractivity contribution is 7.22. The molecule has 116 valence electrons. The maximum Gasteiger partial charge on any atom is 0.182 e. The summed E-state index contributed by atoms with van der Waals surface area (Å²) in [6.45, 7) is 4.14. The van der Waals surface area contributed by atoms with Crippen LogP contribution in [0.2, 0.25) is 0 Å². The van der Waals surface area contributed by atoms with Crippen molar-refractivity contribution in [3.05, 3.63) is 47.8 Å². The normalized spacial score (nSPS) is 26.1. The highest BCUT2D eigenvalue weighted by atomic mass is 31.0. The first-order chi connectivity index (χ1) is 10.8. The van der Waals surface area contributed by atoms with Crippen LogP contribution in [0, 0.1) is 22.2 Å². The average molecular weight is 324 g/mol. The fourth-order valence-corrected chi connectivity index (χ4v) is 4.10. The average Bonchev–Trinajstić information content (AvgIpc) is 2.54. The van der Waals surface area contributed by atoms with Crippen molar-refractivity contribution in [2.24, 2.45) is 5.41 Å². The molecule has 0 bridgehead atoms. The molecule has 3 rings (SSSR count). The fraction of sp³-hybridized carbons (Fsp3) is 0.294. The number of hydrogen-bond acceptors (Lipinski definition) is 4. The van der Waals surface area contributed by atoms with E-state index < -0.39 is 10.6 Å². The summed E-state index contributed by atoms with van der Waals surface area (Å²) < 4.78 is 0. The summed E-state index contributed by atoms with van der Waals surface area (Å²) in [6, 6.07) is 5.70. The van der Waals surface area contributed by atoms with Gasteiger partial charge in [0.05, 0.1) is 28.0 Å². The van der Waals surface area contributed by atoms with E-state index in [1.807, 2.05) is 43.0 Å². The number of hydrogen-bond donors (Lipinski definition) is 1. The van der Waals surface area contributed by atoms with Gasteiger partial charge in [-0.3, -0.25) is 15.2 Å². The van der Waals surface area contributed by atoms with E-state index in [-0.39, 0.29) is 11.4 Å². The van der Waals surface area contributed by atoms with Gasteiger partial charge in [0.1, 0.15) is 11.9 Å². The molecular weight excluding hydrogens is 307 g/mol. The SMILES string of the molecule is CC1(C)C(=O)C(C#N)=C[C@@]2(P)C(=N)N(c3cccnc3)CC=C12. The molecule has 1 unspecified atom stereocenters. The van der Waals surface area contributed by atoms with Crippen molar-refractivity contribution < 1.29 is 4.79 Å². The summed E-state index contributed by atoms with van der Waals surface area (Å²) in [6.07, 6.45) is 6.98. The van der Waals surface area contributed by atoms with Crippen molar-refractivity contribution in [3.8, 4) is 6.07 Å². The Labute approximate surface area is 137 Å². The van der Waals surface area contributed by atoms with E-state index in [0.29, 0.717) is 12.4 Å². The minimum Gasteiger partial charge on any atom is -0.324 e. The molecular formula is C17H17N4OP. The molecule has 1 aromatic heterocycles. The highest BCUT2D eigenvalue weighted by Crippen LogP contribution is 2.50. The maximum absolute atomic E-state index is 12.5. The van der Waals surface area contributed by atoms with Crippen LogP contribution in [0.5, 0.6) is 0 Å². The van der Waals surface area contributed by atoms with E-state index >= 15 is 0 Å². The number of pyridine rings is 1.